The van der Waals surface area contributed by atoms with E-state index in [1.807, 2.05) is 0 Å². The molecule has 0 aliphatic carbocycles. The summed E-state index contributed by atoms with van der Waals surface area (Å²) in [7, 11) is 0. The van der Waals surface area contributed by atoms with Crippen LogP contribution in [-0.4, -0.2) is 53.2 Å². The highest BCUT2D eigenvalue weighted by atomic mass is 16.2. The van der Waals surface area contributed by atoms with E-state index in [1.165, 1.54) is 24.9 Å². The van der Waals surface area contributed by atoms with E-state index >= 15 is 0 Å². The van der Waals surface area contributed by atoms with E-state index in [-0.39, 0.29) is 0 Å². The maximum atomic E-state index is 8.94. The number of unbranched alkanes of at least 4 members (excludes halogenated alkanes) is 2. The molecule has 0 spiro atoms. The van der Waals surface area contributed by atoms with E-state index in [0.29, 0.717) is 18.7 Å². The lowest BCUT2D eigenvalue weighted by molar-refractivity contribution is 0.183. The van der Waals surface area contributed by atoms with Gasteiger partial charge in [0.2, 0.25) is 0 Å². The van der Waals surface area contributed by atoms with E-state index in [2.05, 4.69) is 67.8 Å². The smallest absolute Gasteiger partial charge is 0.0431 e. The topological polar surface area (TPSA) is 26.7 Å². The van der Waals surface area contributed by atoms with Gasteiger partial charge in [0.25, 0.3) is 0 Å². The van der Waals surface area contributed by atoms with Crippen LogP contribution < -0.4 is 0 Å². The van der Waals surface area contributed by atoms with Crippen molar-refractivity contribution >= 4 is 0 Å². The third-order valence-electron chi connectivity index (χ3n) is 4.68. The molecular formula is C21H38N2O. The third kappa shape index (κ3) is 8.81. The van der Waals surface area contributed by atoms with Crippen molar-refractivity contribution in [3.8, 4) is 0 Å². The highest BCUT2D eigenvalue weighted by molar-refractivity contribution is 5.14. The predicted octanol–water partition coefficient (Wildman–Crippen LogP) is 4.16. The molecule has 24 heavy (non-hydrogen) atoms. The van der Waals surface area contributed by atoms with Crippen molar-refractivity contribution < 1.29 is 5.11 Å². The Balaban J connectivity index is 2.33. The number of aliphatic hydroxyl groups is 1. The minimum atomic E-state index is 0.314. The van der Waals surface area contributed by atoms with Gasteiger partial charge in [0.15, 0.2) is 0 Å². The first-order valence-corrected chi connectivity index (χ1v) is 9.67. The number of benzene rings is 1. The minimum absolute atomic E-state index is 0.314. The first-order valence-electron chi connectivity index (χ1n) is 9.67. The van der Waals surface area contributed by atoms with Gasteiger partial charge in [-0.2, -0.15) is 0 Å². The van der Waals surface area contributed by atoms with Crippen molar-refractivity contribution in [1.82, 2.24) is 9.80 Å². The van der Waals surface area contributed by atoms with Gasteiger partial charge in [-0.05, 0) is 78.6 Å². The summed E-state index contributed by atoms with van der Waals surface area (Å²) in [6.45, 7) is 13.9. The van der Waals surface area contributed by atoms with E-state index < -0.39 is 0 Å². The van der Waals surface area contributed by atoms with E-state index in [0.717, 1.165) is 32.5 Å². The lowest BCUT2D eigenvalue weighted by Crippen LogP contribution is -2.34. The summed E-state index contributed by atoms with van der Waals surface area (Å²) >= 11 is 0. The average Bonchev–Trinajstić information content (AvgIpc) is 2.56. The Kier molecular flexibility index (Phi) is 11.0. The van der Waals surface area contributed by atoms with Gasteiger partial charge >= 0.3 is 0 Å². The molecular weight excluding hydrogens is 296 g/mol. The molecule has 0 unspecified atom stereocenters. The van der Waals surface area contributed by atoms with Crippen LogP contribution in [0.1, 0.15) is 58.9 Å². The molecule has 0 saturated carbocycles. The number of hydrogen-bond donors (Lipinski definition) is 1. The monoisotopic (exact) mass is 334 g/mol. The lowest BCUT2D eigenvalue weighted by atomic mass is 10.1. The maximum absolute atomic E-state index is 8.94. The molecule has 0 radical (unpaired) electrons. The highest BCUT2D eigenvalue weighted by Gasteiger charge is 2.12. The zero-order chi connectivity index (χ0) is 17.8. The molecule has 0 amide bonds. The summed E-state index contributed by atoms with van der Waals surface area (Å²) in [5, 5.41) is 8.94. The minimum Gasteiger partial charge on any atom is -0.396 e. The Morgan fingerprint density at radius 1 is 0.750 bits per heavy atom. The van der Waals surface area contributed by atoms with E-state index in [1.54, 1.807) is 0 Å². The molecule has 138 valence electrons. The normalized spacial score (nSPS) is 12.0. The Hall–Kier alpha value is -0.900. The molecule has 1 N–H and O–H groups in total. The van der Waals surface area contributed by atoms with Gasteiger partial charge in [-0.25, -0.2) is 0 Å². The van der Waals surface area contributed by atoms with Crippen LogP contribution >= 0.6 is 0 Å². The van der Waals surface area contributed by atoms with Gasteiger partial charge < -0.3 is 10.0 Å². The van der Waals surface area contributed by atoms with E-state index in [4.69, 9.17) is 5.11 Å². The standard InChI is InChI=1S/C21H38N2O/c1-19(2)22(15-10-11-17-24)14-8-9-16-23(20(3)4)18-21-12-6-5-7-13-21/h5-7,12-13,19-20,24H,8-11,14-18H2,1-4H3. The second kappa shape index (κ2) is 12.5. The Labute approximate surface area is 149 Å². The second-order valence-corrected chi connectivity index (χ2v) is 7.32. The summed E-state index contributed by atoms with van der Waals surface area (Å²) in [4.78, 5) is 5.12. The van der Waals surface area contributed by atoms with Crippen molar-refractivity contribution in [3.05, 3.63) is 35.9 Å². The van der Waals surface area contributed by atoms with Gasteiger partial charge in [0, 0.05) is 25.2 Å². The molecule has 3 heteroatoms. The van der Waals surface area contributed by atoms with Gasteiger partial charge in [-0.1, -0.05) is 30.3 Å². The molecule has 0 aromatic heterocycles. The Morgan fingerprint density at radius 3 is 1.75 bits per heavy atom. The number of aliphatic hydroxyl groups excluding tert-OH is 1. The second-order valence-electron chi connectivity index (χ2n) is 7.32. The Bertz CT molecular complexity index is 406. The third-order valence-corrected chi connectivity index (χ3v) is 4.68. The Morgan fingerprint density at radius 2 is 1.25 bits per heavy atom. The molecule has 0 aliphatic heterocycles. The van der Waals surface area contributed by atoms with Crippen LogP contribution in [0.15, 0.2) is 30.3 Å². The molecule has 1 aromatic carbocycles. The van der Waals surface area contributed by atoms with Crippen molar-refractivity contribution in [3.63, 3.8) is 0 Å². The molecule has 1 rings (SSSR count). The molecule has 0 saturated heterocycles. The number of rotatable bonds is 13. The molecule has 0 aliphatic rings. The maximum Gasteiger partial charge on any atom is 0.0431 e. The summed E-state index contributed by atoms with van der Waals surface area (Å²) in [5.41, 5.74) is 1.40. The van der Waals surface area contributed by atoms with Crippen LogP contribution in [0.2, 0.25) is 0 Å². The SMILES string of the molecule is CC(C)N(CCCCO)CCCCN(Cc1ccccc1)C(C)C. The summed E-state index contributed by atoms with van der Waals surface area (Å²) in [6, 6.07) is 11.9. The zero-order valence-electron chi connectivity index (χ0n) is 16.2. The van der Waals surface area contributed by atoms with Crippen molar-refractivity contribution in [2.24, 2.45) is 0 Å². The molecule has 0 heterocycles. The van der Waals surface area contributed by atoms with Crippen molar-refractivity contribution in [2.75, 3.05) is 26.2 Å². The largest absolute Gasteiger partial charge is 0.396 e. The highest BCUT2D eigenvalue weighted by Crippen LogP contribution is 2.11. The van der Waals surface area contributed by atoms with Gasteiger partial charge in [0.05, 0.1) is 0 Å². The molecule has 1 aromatic rings. The summed E-state index contributed by atoms with van der Waals surface area (Å²) < 4.78 is 0. The van der Waals surface area contributed by atoms with Crippen LogP contribution in [0, 0.1) is 0 Å². The number of hydrogen-bond acceptors (Lipinski definition) is 3. The van der Waals surface area contributed by atoms with Crippen LogP contribution in [-0.2, 0) is 6.54 Å². The quantitative estimate of drug-likeness (QED) is 0.549. The molecule has 3 nitrogen and oxygen atoms in total. The van der Waals surface area contributed by atoms with Crippen molar-refractivity contribution in [1.29, 1.82) is 0 Å². The van der Waals surface area contributed by atoms with Crippen molar-refractivity contribution in [2.45, 2.75) is 72.0 Å². The first-order chi connectivity index (χ1) is 11.5. The zero-order valence-corrected chi connectivity index (χ0v) is 16.2. The number of nitrogens with zero attached hydrogens (tertiary/aromatic N) is 2. The summed E-state index contributed by atoms with van der Waals surface area (Å²) in [5.74, 6) is 0. The van der Waals surface area contributed by atoms with Gasteiger partial charge in [-0.15, -0.1) is 0 Å². The van der Waals surface area contributed by atoms with Crippen LogP contribution in [0.4, 0.5) is 0 Å². The fourth-order valence-corrected chi connectivity index (χ4v) is 3.02. The first kappa shape index (κ1) is 21.1. The molecule has 0 fully saturated rings. The van der Waals surface area contributed by atoms with Crippen LogP contribution in [0.25, 0.3) is 0 Å². The molecule has 0 atom stereocenters. The average molecular weight is 335 g/mol. The van der Waals surface area contributed by atoms with Crippen LogP contribution in [0.3, 0.4) is 0 Å². The summed E-state index contributed by atoms with van der Waals surface area (Å²) in [6.07, 6.45) is 4.51. The molecule has 0 bridgehead atoms. The van der Waals surface area contributed by atoms with Gasteiger partial charge in [0.1, 0.15) is 0 Å². The fourth-order valence-electron chi connectivity index (χ4n) is 3.02. The van der Waals surface area contributed by atoms with E-state index in [9.17, 15) is 0 Å². The van der Waals surface area contributed by atoms with Gasteiger partial charge in [-0.3, -0.25) is 4.90 Å². The predicted molar refractivity (Wildman–Crippen MR) is 104 cm³/mol. The van der Waals surface area contributed by atoms with Crippen LogP contribution in [0.5, 0.6) is 0 Å². The lowest BCUT2D eigenvalue weighted by Gasteiger charge is -2.29. The fraction of sp³-hybridized carbons (Fsp3) is 0.714.